The second kappa shape index (κ2) is 83.5. The largest absolute Gasteiger partial charge is 0.466 e. The fourth-order valence-corrected chi connectivity index (χ4v) is 13.8. The van der Waals surface area contributed by atoms with Gasteiger partial charge in [-0.3, -0.25) is 9.59 Å². The molecule has 2 atom stereocenters. The minimum Gasteiger partial charge on any atom is -0.466 e. The number of allylic oxidation sites excluding steroid dienone is 5. The molecule has 0 rings (SSSR count). The molecule has 0 heterocycles. The first-order chi connectivity index (χ1) is 46.5. The molecule has 0 bridgehead atoms. The third-order valence-corrected chi connectivity index (χ3v) is 20.4. The summed E-state index contributed by atoms with van der Waals surface area (Å²) in [6, 6.07) is -0.626. The van der Waals surface area contributed by atoms with Crippen molar-refractivity contribution in [2.75, 3.05) is 13.2 Å². The monoisotopic (exact) mass is 1320 g/mol. The molecule has 0 fully saturated rings. The van der Waals surface area contributed by atoms with Gasteiger partial charge >= 0.3 is 5.97 Å². The molecule has 0 aromatic rings. The maximum atomic E-state index is 12.6. The van der Waals surface area contributed by atoms with Crippen LogP contribution in [0.2, 0.25) is 0 Å². The summed E-state index contributed by atoms with van der Waals surface area (Å²) in [5.41, 5.74) is 0. The molecule has 0 aliphatic carbocycles. The molecule has 1 amide bonds. The van der Waals surface area contributed by atoms with Crippen LogP contribution in [0.3, 0.4) is 0 Å². The summed E-state index contributed by atoms with van der Waals surface area (Å²) in [4.78, 5) is 24.7. The van der Waals surface area contributed by atoms with Gasteiger partial charge in [-0.25, -0.2) is 0 Å². The first-order valence-corrected chi connectivity index (χ1v) is 43.3. The zero-order valence-corrected chi connectivity index (χ0v) is 64.0. The van der Waals surface area contributed by atoms with E-state index in [9.17, 15) is 19.8 Å². The zero-order valence-electron chi connectivity index (χ0n) is 64.0. The fourth-order valence-electron chi connectivity index (χ4n) is 13.8. The number of rotatable bonds is 82. The van der Waals surface area contributed by atoms with Crippen LogP contribution in [0.4, 0.5) is 0 Å². The minimum atomic E-state index is -0.843. The van der Waals surface area contributed by atoms with Crippen LogP contribution in [0, 0.1) is 0 Å². The second-order valence-electron chi connectivity index (χ2n) is 29.9. The summed E-state index contributed by atoms with van der Waals surface area (Å²) < 4.78 is 5.50. The number of carbonyl (C=O) groups excluding carboxylic acids is 2. The Bertz CT molecular complexity index is 1520. The Morgan fingerprint density at radius 3 is 0.755 bits per heavy atom. The molecule has 6 nitrogen and oxygen atoms in total. The van der Waals surface area contributed by atoms with E-state index in [1.54, 1.807) is 6.08 Å². The number of amides is 1. The molecule has 0 saturated carbocycles. The lowest BCUT2D eigenvalue weighted by molar-refractivity contribution is -0.143. The van der Waals surface area contributed by atoms with Crippen molar-refractivity contribution in [2.45, 2.75) is 501 Å². The van der Waals surface area contributed by atoms with Gasteiger partial charge in [-0.15, -0.1) is 0 Å². The summed E-state index contributed by atoms with van der Waals surface area (Å²) in [6.07, 6.45) is 110. The Hall–Kier alpha value is -1.92. The van der Waals surface area contributed by atoms with Crippen molar-refractivity contribution in [2.24, 2.45) is 0 Å². The normalized spacial score (nSPS) is 12.6. The lowest BCUT2D eigenvalue weighted by atomic mass is 10.0. The number of esters is 1. The number of carbonyl (C=O) groups is 2. The number of hydrogen-bond donors (Lipinski definition) is 3. The van der Waals surface area contributed by atoms with E-state index in [1.807, 2.05) is 6.08 Å². The lowest BCUT2D eigenvalue weighted by Crippen LogP contribution is -2.45. The molecule has 0 saturated heterocycles. The second-order valence-corrected chi connectivity index (χ2v) is 29.9. The maximum absolute atomic E-state index is 12.6. The third kappa shape index (κ3) is 79.1. The highest BCUT2D eigenvalue weighted by Gasteiger charge is 2.18. The van der Waals surface area contributed by atoms with Gasteiger partial charge in [-0.1, -0.05) is 429 Å². The molecule has 0 aromatic heterocycles. The fraction of sp³-hybridized carbons (Fsp3) is 0.909. The number of unbranched alkanes of at least 4 members (excludes halogenated alkanes) is 67. The molecule has 3 N–H and O–H groups in total. The Morgan fingerprint density at radius 2 is 0.500 bits per heavy atom. The van der Waals surface area contributed by atoms with E-state index < -0.39 is 12.1 Å². The molecule has 6 heteroatoms. The Kier molecular flexibility index (Phi) is 81.8. The van der Waals surface area contributed by atoms with Crippen LogP contribution in [0.5, 0.6) is 0 Å². The van der Waals surface area contributed by atoms with Crippen LogP contribution < -0.4 is 5.32 Å². The van der Waals surface area contributed by atoms with Crippen LogP contribution in [0.15, 0.2) is 36.5 Å². The molecule has 0 aliphatic rings. The first-order valence-electron chi connectivity index (χ1n) is 43.3. The van der Waals surface area contributed by atoms with Crippen molar-refractivity contribution in [1.29, 1.82) is 0 Å². The van der Waals surface area contributed by atoms with Crippen LogP contribution in [-0.4, -0.2) is 47.4 Å². The third-order valence-electron chi connectivity index (χ3n) is 20.4. The highest BCUT2D eigenvalue weighted by molar-refractivity contribution is 5.76. The minimum absolute atomic E-state index is 0.0152. The van der Waals surface area contributed by atoms with Crippen LogP contribution >= 0.6 is 0 Å². The summed E-state index contributed by atoms with van der Waals surface area (Å²) in [5.74, 6) is -0.0431. The van der Waals surface area contributed by atoms with Crippen molar-refractivity contribution >= 4 is 11.9 Å². The smallest absolute Gasteiger partial charge is 0.305 e. The SMILES string of the molecule is CCCCCCCC/C=C\CCCCCCCC(=O)OCCCCCCCCCCCCCCCCCCCC/C=C\CCCCCCCCCCCCCCCCCCCC(=O)NC(CO)C(O)/C=C/CCCCCCCCCCCCCCCCCCCCCCC. The van der Waals surface area contributed by atoms with Gasteiger partial charge in [0.05, 0.1) is 25.4 Å². The molecule has 0 aliphatic heterocycles. The molecular formula is C88H169NO5. The predicted molar refractivity (Wildman–Crippen MR) is 416 cm³/mol. The van der Waals surface area contributed by atoms with Gasteiger partial charge in [0, 0.05) is 12.8 Å². The molecule has 556 valence electrons. The summed E-state index contributed by atoms with van der Waals surface area (Å²) in [7, 11) is 0. The van der Waals surface area contributed by atoms with Gasteiger partial charge in [0.1, 0.15) is 0 Å². The number of aliphatic hydroxyl groups excluding tert-OH is 2. The first kappa shape index (κ1) is 92.1. The van der Waals surface area contributed by atoms with Gasteiger partial charge in [-0.05, 0) is 83.5 Å². The molecule has 2 unspecified atom stereocenters. The van der Waals surface area contributed by atoms with Crippen LogP contribution in [0.1, 0.15) is 489 Å². The van der Waals surface area contributed by atoms with Gasteiger partial charge in [0.15, 0.2) is 0 Å². The van der Waals surface area contributed by atoms with E-state index >= 15 is 0 Å². The average molecular weight is 1320 g/mol. The molecule has 94 heavy (non-hydrogen) atoms. The Balaban J connectivity index is 3.35. The number of hydrogen-bond acceptors (Lipinski definition) is 5. The van der Waals surface area contributed by atoms with E-state index in [1.165, 1.54) is 417 Å². The Morgan fingerprint density at radius 1 is 0.287 bits per heavy atom. The topological polar surface area (TPSA) is 95.9 Å². The zero-order chi connectivity index (χ0) is 67.7. The van der Waals surface area contributed by atoms with Gasteiger partial charge < -0.3 is 20.3 Å². The molecule has 0 spiro atoms. The highest BCUT2D eigenvalue weighted by atomic mass is 16.5. The van der Waals surface area contributed by atoms with Gasteiger partial charge in [0.25, 0.3) is 0 Å². The van der Waals surface area contributed by atoms with Crippen molar-refractivity contribution < 1.29 is 24.5 Å². The van der Waals surface area contributed by atoms with E-state index in [0.717, 1.165) is 44.9 Å². The van der Waals surface area contributed by atoms with Crippen molar-refractivity contribution in [3.05, 3.63) is 36.5 Å². The molecular weight excluding hydrogens is 1150 g/mol. The van der Waals surface area contributed by atoms with Crippen LogP contribution in [-0.2, 0) is 14.3 Å². The number of nitrogens with one attached hydrogen (secondary N) is 1. The van der Waals surface area contributed by atoms with Crippen molar-refractivity contribution in [1.82, 2.24) is 5.32 Å². The van der Waals surface area contributed by atoms with Crippen LogP contribution in [0.25, 0.3) is 0 Å². The van der Waals surface area contributed by atoms with E-state index in [0.29, 0.717) is 19.4 Å². The van der Waals surface area contributed by atoms with Gasteiger partial charge in [-0.2, -0.15) is 0 Å². The standard InChI is InChI=1S/C88H169NO5/c1-3-5-7-9-11-13-15-17-19-20-21-22-40-43-46-49-53-56-60-64-68-72-76-80-86(91)85(84-90)89-87(92)81-77-73-69-65-61-57-54-50-47-44-41-38-36-34-32-30-28-26-24-23-25-27-29-31-33-35-37-39-42-45-48-51-55-59-63-67-71-75-79-83-94-88(93)82-78-74-70-66-62-58-52-18-16-14-12-10-8-6-4-2/h18,23-24,52,76,80,85-86,90-91H,3-17,19-22,25-51,53-75,77-79,81-84H2,1-2H3,(H,89,92)/b24-23-,52-18-,80-76+. The molecule has 0 aromatic carbocycles. The number of aliphatic hydroxyl groups is 2. The maximum Gasteiger partial charge on any atom is 0.305 e. The van der Waals surface area contributed by atoms with Crippen molar-refractivity contribution in [3.63, 3.8) is 0 Å². The summed E-state index contributed by atoms with van der Waals surface area (Å²) in [6.45, 7) is 4.95. The average Bonchev–Trinajstić information content (AvgIpc) is 3.63. The number of ether oxygens (including phenoxy) is 1. The predicted octanol–water partition coefficient (Wildman–Crippen LogP) is 28.9. The highest BCUT2D eigenvalue weighted by Crippen LogP contribution is 2.20. The lowest BCUT2D eigenvalue weighted by Gasteiger charge is -2.20. The van der Waals surface area contributed by atoms with E-state index in [-0.39, 0.29) is 18.5 Å². The molecule has 0 radical (unpaired) electrons. The van der Waals surface area contributed by atoms with E-state index in [4.69, 9.17) is 4.74 Å². The van der Waals surface area contributed by atoms with Gasteiger partial charge in [0.2, 0.25) is 5.91 Å². The summed E-state index contributed by atoms with van der Waals surface area (Å²) in [5, 5.41) is 23.3. The summed E-state index contributed by atoms with van der Waals surface area (Å²) >= 11 is 0. The quantitative estimate of drug-likeness (QED) is 0.0320. The van der Waals surface area contributed by atoms with E-state index in [2.05, 4.69) is 43.5 Å². The Labute approximate surface area is 589 Å². The van der Waals surface area contributed by atoms with Crippen molar-refractivity contribution in [3.8, 4) is 0 Å².